The van der Waals surface area contributed by atoms with Crippen molar-refractivity contribution in [3.8, 4) is 11.3 Å². The average molecular weight is 318 g/mol. The smallest absolute Gasteiger partial charge is 0.267 e. The van der Waals surface area contributed by atoms with Gasteiger partial charge in [0, 0.05) is 17.5 Å². The molecule has 2 aromatic carbocycles. The number of hydrogen-bond donors (Lipinski definition) is 0. The Morgan fingerprint density at radius 2 is 1.71 bits per heavy atom. The van der Waals surface area contributed by atoms with Gasteiger partial charge in [-0.1, -0.05) is 54.6 Å². The summed E-state index contributed by atoms with van der Waals surface area (Å²) in [6.07, 6.45) is 0. The highest BCUT2D eigenvalue weighted by Gasteiger charge is 2.20. The summed E-state index contributed by atoms with van der Waals surface area (Å²) in [5, 5.41) is 4.53. The fourth-order valence-electron chi connectivity index (χ4n) is 2.83. The Labute approximate surface area is 140 Å². The predicted molar refractivity (Wildman–Crippen MR) is 93.0 cm³/mol. The maximum Gasteiger partial charge on any atom is 0.267 e. The van der Waals surface area contributed by atoms with Gasteiger partial charge in [0.05, 0.1) is 25.5 Å². The summed E-state index contributed by atoms with van der Waals surface area (Å²) in [7, 11) is 0. The highest BCUT2D eigenvalue weighted by Crippen LogP contribution is 2.26. The van der Waals surface area contributed by atoms with Crippen LogP contribution in [0, 0.1) is 0 Å². The third kappa shape index (κ3) is 3.01. The lowest BCUT2D eigenvalue weighted by atomic mass is 9.96. The monoisotopic (exact) mass is 318 g/mol. The van der Waals surface area contributed by atoms with Crippen LogP contribution in [0.25, 0.3) is 11.3 Å². The fraction of sp³-hybridized carbons (Fsp3) is 0.200. The van der Waals surface area contributed by atoms with Crippen molar-refractivity contribution < 1.29 is 4.74 Å². The van der Waals surface area contributed by atoms with Gasteiger partial charge in [-0.2, -0.15) is 5.10 Å². The second kappa shape index (κ2) is 6.42. The molecule has 1 aliphatic rings. The molecule has 3 aromatic rings. The van der Waals surface area contributed by atoms with Crippen LogP contribution < -0.4 is 5.56 Å². The predicted octanol–water partition coefficient (Wildman–Crippen LogP) is 3.07. The second-order valence-electron chi connectivity index (χ2n) is 6.06. The highest BCUT2D eigenvalue weighted by atomic mass is 16.5. The largest absolute Gasteiger partial charge is 0.380 e. The summed E-state index contributed by atoms with van der Waals surface area (Å²) in [4.78, 5) is 12.1. The first-order valence-electron chi connectivity index (χ1n) is 8.10. The lowest BCUT2D eigenvalue weighted by molar-refractivity contribution is 0.00843. The van der Waals surface area contributed by atoms with Gasteiger partial charge in [0.2, 0.25) is 0 Å². The van der Waals surface area contributed by atoms with Crippen molar-refractivity contribution in [1.29, 1.82) is 0 Å². The number of ether oxygens (including phenoxy) is 1. The Bertz CT molecular complexity index is 882. The first kappa shape index (κ1) is 14.8. The van der Waals surface area contributed by atoms with Crippen LogP contribution in [-0.4, -0.2) is 23.0 Å². The number of benzene rings is 2. The molecule has 4 rings (SSSR count). The van der Waals surface area contributed by atoms with Crippen LogP contribution in [0.4, 0.5) is 0 Å². The van der Waals surface area contributed by atoms with Gasteiger partial charge in [-0.05, 0) is 17.2 Å². The Morgan fingerprint density at radius 1 is 0.958 bits per heavy atom. The first-order valence-corrected chi connectivity index (χ1v) is 8.10. The standard InChI is InChI=1S/C20H18N2O2/c23-20-11-10-19(21-22(20)12-15-4-2-1-3-5-15)17-8-6-16(7-9-17)18-13-24-14-18/h1-11,18H,12-14H2. The van der Waals surface area contributed by atoms with E-state index in [0.29, 0.717) is 12.5 Å². The molecule has 0 atom stereocenters. The third-order valence-corrected chi connectivity index (χ3v) is 4.36. The summed E-state index contributed by atoms with van der Waals surface area (Å²) < 4.78 is 6.75. The Morgan fingerprint density at radius 3 is 2.38 bits per heavy atom. The molecule has 1 aromatic heterocycles. The van der Waals surface area contributed by atoms with Gasteiger partial charge in [0.25, 0.3) is 5.56 Å². The van der Waals surface area contributed by atoms with E-state index < -0.39 is 0 Å². The van der Waals surface area contributed by atoms with E-state index in [1.807, 2.05) is 30.3 Å². The molecule has 0 spiro atoms. The molecule has 120 valence electrons. The number of nitrogens with zero attached hydrogens (tertiary/aromatic N) is 2. The van der Waals surface area contributed by atoms with E-state index >= 15 is 0 Å². The van der Waals surface area contributed by atoms with E-state index in [0.717, 1.165) is 30.0 Å². The van der Waals surface area contributed by atoms with Crippen LogP contribution in [0.3, 0.4) is 0 Å². The molecule has 1 saturated heterocycles. The van der Waals surface area contributed by atoms with E-state index in [2.05, 4.69) is 29.4 Å². The SMILES string of the molecule is O=c1ccc(-c2ccc(C3COC3)cc2)nn1Cc1ccccc1. The van der Waals surface area contributed by atoms with E-state index in [1.54, 1.807) is 12.1 Å². The lowest BCUT2D eigenvalue weighted by Crippen LogP contribution is -2.25. The quantitative estimate of drug-likeness (QED) is 0.742. The van der Waals surface area contributed by atoms with Gasteiger partial charge < -0.3 is 4.74 Å². The van der Waals surface area contributed by atoms with Crippen molar-refractivity contribution in [3.63, 3.8) is 0 Å². The van der Waals surface area contributed by atoms with Gasteiger partial charge in [0.1, 0.15) is 0 Å². The number of hydrogen-bond acceptors (Lipinski definition) is 3. The van der Waals surface area contributed by atoms with Crippen molar-refractivity contribution in [2.24, 2.45) is 0 Å². The minimum atomic E-state index is -0.0918. The molecule has 24 heavy (non-hydrogen) atoms. The summed E-state index contributed by atoms with van der Waals surface area (Å²) in [5.41, 5.74) is 4.08. The van der Waals surface area contributed by atoms with Gasteiger partial charge in [-0.25, -0.2) is 4.68 Å². The van der Waals surface area contributed by atoms with Crippen LogP contribution in [0.1, 0.15) is 17.0 Å². The zero-order valence-corrected chi connectivity index (χ0v) is 13.3. The Balaban J connectivity index is 1.61. The maximum absolute atomic E-state index is 12.1. The van der Waals surface area contributed by atoms with Crippen LogP contribution in [0.15, 0.2) is 71.5 Å². The zero-order chi connectivity index (χ0) is 16.4. The molecule has 1 aliphatic heterocycles. The molecular weight excluding hydrogens is 300 g/mol. The van der Waals surface area contributed by atoms with E-state index in [-0.39, 0.29) is 5.56 Å². The molecule has 0 aliphatic carbocycles. The van der Waals surface area contributed by atoms with Crippen LogP contribution in [0.2, 0.25) is 0 Å². The topological polar surface area (TPSA) is 44.1 Å². The fourth-order valence-corrected chi connectivity index (χ4v) is 2.83. The Kier molecular flexibility index (Phi) is 3.97. The van der Waals surface area contributed by atoms with Gasteiger partial charge in [-0.15, -0.1) is 0 Å². The third-order valence-electron chi connectivity index (χ3n) is 4.36. The molecule has 4 heteroatoms. The van der Waals surface area contributed by atoms with Gasteiger partial charge in [-0.3, -0.25) is 4.79 Å². The number of aromatic nitrogens is 2. The second-order valence-corrected chi connectivity index (χ2v) is 6.06. The highest BCUT2D eigenvalue weighted by molar-refractivity contribution is 5.58. The Hall–Kier alpha value is -2.72. The molecule has 2 heterocycles. The summed E-state index contributed by atoms with van der Waals surface area (Å²) in [6, 6.07) is 21.6. The summed E-state index contributed by atoms with van der Waals surface area (Å²) in [5.74, 6) is 0.513. The molecule has 0 bridgehead atoms. The minimum absolute atomic E-state index is 0.0918. The molecule has 0 N–H and O–H groups in total. The molecule has 0 radical (unpaired) electrons. The van der Waals surface area contributed by atoms with E-state index in [1.165, 1.54) is 10.2 Å². The average Bonchev–Trinajstić information content (AvgIpc) is 2.57. The minimum Gasteiger partial charge on any atom is -0.380 e. The summed E-state index contributed by atoms with van der Waals surface area (Å²) >= 11 is 0. The van der Waals surface area contributed by atoms with Crippen molar-refractivity contribution >= 4 is 0 Å². The normalized spacial score (nSPS) is 14.3. The number of rotatable bonds is 4. The molecular formula is C20H18N2O2. The van der Waals surface area contributed by atoms with Crippen molar-refractivity contribution in [2.45, 2.75) is 12.5 Å². The van der Waals surface area contributed by atoms with Crippen LogP contribution >= 0.6 is 0 Å². The van der Waals surface area contributed by atoms with Crippen molar-refractivity contribution in [1.82, 2.24) is 9.78 Å². The zero-order valence-electron chi connectivity index (χ0n) is 13.3. The molecule has 0 saturated carbocycles. The first-order chi connectivity index (χ1) is 11.8. The van der Waals surface area contributed by atoms with Gasteiger partial charge in [0.15, 0.2) is 0 Å². The van der Waals surface area contributed by atoms with Gasteiger partial charge >= 0.3 is 0 Å². The molecule has 4 nitrogen and oxygen atoms in total. The summed E-state index contributed by atoms with van der Waals surface area (Å²) in [6.45, 7) is 2.09. The molecule has 1 fully saturated rings. The van der Waals surface area contributed by atoms with E-state index in [4.69, 9.17) is 4.74 Å². The lowest BCUT2D eigenvalue weighted by Gasteiger charge is -2.26. The van der Waals surface area contributed by atoms with E-state index in [9.17, 15) is 4.79 Å². The van der Waals surface area contributed by atoms with Crippen LogP contribution in [0.5, 0.6) is 0 Å². The molecule has 0 unspecified atom stereocenters. The van der Waals surface area contributed by atoms with Crippen LogP contribution in [-0.2, 0) is 11.3 Å². The maximum atomic E-state index is 12.1. The van der Waals surface area contributed by atoms with Crippen molar-refractivity contribution in [3.05, 3.63) is 88.2 Å². The molecule has 0 amide bonds. The van der Waals surface area contributed by atoms with Crippen molar-refractivity contribution in [2.75, 3.05) is 13.2 Å².